The van der Waals surface area contributed by atoms with Crippen LogP contribution in [0.25, 0.3) is 6.08 Å². The first-order chi connectivity index (χ1) is 11.7. The zero-order chi connectivity index (χ0) is 17.2. The van der Waals surface area contributed by atoms with E-state index in [2.05, 4.69) is 5.32 Å². The lowest BCUT2D eigenvalue weighted by atomic mass is 10.1. The van der Waals surface area contributed by atoms with Gasteiger partial charge in [0.25, 0.3) is 5.91 Å². The van der Waals surface area contributed by atoms with Crippen LogP contribution in [-0.4, -0.2) is 25.0 Å². The second-order valence-corrected chi connectivity index (χ2v) is 5.32. The molecule has 2 rings (SSSR count). The summed E-state index contributed by atoms with van der Waals surface area (Å²) in [4.78, 5) is 23.6. The fourth-order valence-corrected chi connectivity index (χ4v) is 2.16. The lowest BCUT2D eigenvalue weighted by molar-refractivity contribution is -0.142. The van der Waals surface area contributed by atoms with Crippen molar-refractivity contribution in [2.45, 2.75) is 13.3 Å². The lowest BCUT2D eigenvalue weighted by Gasteiger charge is -2.07. The highest BCUT2D eigenvalue weighted by Gasteiger charge is 2.08. The number of esters is 1. The largest absolute Gasteiger partial charge is 0.461 e. The van der Waals surface area contributed by atoms with E-state index in [-0.39, 0.29) is 31.4 Å². The summed E-state index contributed by atoms with van der Waals surface area (Å²) in [6.07, 6.45) is 3.84. The Labute approximate surface area is 142 Å². The van der Waals surface area contributed by atoms with Gasteiger partial charge in [-0.2, -0.15) is 0 Å². The third-order valence-electron chi connectivity index (χ3n) is 3.45. The average Bonchev–Trinajstić information content (AvgIpc) is 2.60. The number of rotatable bonds is 7. The highest BCUT2D eigenvalue weighted by atomic mass is 16.5. The van der Waals surface area contributed by atoms with Crippen LogP contribution in [0.3, 0.4) is 0 Å². The number of hydrogen-bond donors (Lipinski definition) is 1. The average molecular weight is 323 g/mol. The number of hydrogen-bond acceptors (Lipinski definition) is 3. The highest BCUT2D eigenvalue weighted by Crippen LogP contribution is 2.06. The molecule has 0 saturated heterocycles. The summed E-state index contributed by atoms with van der Waals surface area (Å²) in [5.41, 5.74) is 2.58. The molecule has 4 heteroatoms. The van der Waals surface area contributed by atoms with Crippen LogP contribution in [0.1, 0.15) is 27.9 Å². The molecule has 4 nitrogen and oxygen atoms in total. The summed E-state index contributed by atoms with van der Waals surface area (Å²) in [6.45, 7) is 2.36. The molecule has 0 aromatic heterocycles. The summed E-state index contributed by atoms with van der Waals surface area (Å²) in [5, 5.41) is 2.73. The Hall–Kier alpha value is -2.88. The molecule has 0 aliphatic rings. The highest BCUT2D eigenvalue weighted by molar-refractivity contribution is 5.95. The van der Waals surface area contributed by atoms with E-state index in [1.54, 1.807) is 12.1 Å². The van der Waals surface area contributed by atoms with Gasteiger partial charge < -0.3 is 10.1 Å². The van der Waals surface area contributed by atoms with Crippen LogP contribution < -0.4 is 5.32 Å². The quantitative estimate of drug-likeness (QED) is 0.795. The minimum Gasteiger partial charge on any atom is -0.461 e. The second-order valence-electron chi connectivity index (χ2n) is 5.32. The smallest absolute Gasteiger partial charge is 0.307 e. The van der Waals surface area contributed by atoms with Gasteiger partial charge in [0.2, 0.25) is 0 Å². The molecular formula is C20H21NO3. The molecule has 0 unspecified atom stereocenters. The molecule has 0 spiro atoms. The summed E-state index contributed by atoms with van der Waals surface area (Å²) >= 11 is 0. The monoisotopic (exact) mass is 323 g/mol. The molecule has 24 heavy (non-hydrogen) atoms. The summed E-state index contributed by atoms with van der Waals surface area (Å²) in [7, 11) is 0. The third kappa shape index (κ3) is 5.72. The van der Waals surface area contributed by atoms with Gasteiger partial charge in [-0.3, -0.25) is 9.59 Å². The summed E-state index contributed by atoms with van der Waals surface area (Å²) in [5.74, 6) is -0.511. The van der Waals surface area contributed by atoms with Gasteiger partial charge >= 0.3 is 5.97 Å². The first kappa shape index (κ1) is 17.5. The van der Waals surface area contributed by atoms with Gasteiger partial charge in [-0.05, 0) is 30.2 Å². The fourth-order valence-electron chi connectivity index (χ4n) is 2.16. The van der Waals surface area contributed by atoms with Crippen LogP contribution >= 0.6 is 0 Å². The number of carbonyl (C=O) groups excluding carboxylic acids is 2. The van der Waals surface area contributed by atoms with E-state index in [1.807, 2.05) is 61.5 Å². The minimum atomic E-state index is -0.335. The van der Waals surface area contributed by atoms with Crippen LogP contribution in [0.5, 0.6) is 0 Å². The van der Waals surface area contributed by atoms with Gasteiger partial charge in [-0.1, -0.05) is 54.6 Å². The molecule has 0 fully saturated rings. The minimum absolute atomic E-state index is 0.150. The summed E-state index contributed by atoms with van der Waals surface area (Å²) in [6, 6.07) is 17.1. The van der Waals surface area contributed by atoms with Gasteiger partial charge in [0.15, 0.2) is 0 Å². The lowest BCUT2D eigenvalue weighted by Crippen LogP contribution is -2.27. The maximum Gasteiger partial charge on any atom is 0.307 e. The Bertz CT molecular complexity index is 708. The van der Waals surface area contributed by atoms with E-state index in [0.29, 0.717) is 5.56 Å². The van der Waals surface area contributed by atoms with E-state index in [9.17, 15) is 9.59 Å². The molecule has 0 atom stereocenters. The maximum absolute atomic E-state index is 12.0. The number of nitrogens with one attached hydrogen (secondary N) is 1. The Morgan fingerprint density at radius 3 is 2.50 bits per heavy atom. The third-order valence-corrected chi connectivity index (χ3v) is 3.45. The molecule has 1 amide bonds. The van der Waals surface area contributed by atoms with E-state index in [0.717, 1.165) is 11.1 Å². The molecule has 0 radical (unpaired) electrons. The Morgan fingerprint density at radius 2 is 1.75 bits per heavy atom. The van der Waals surface area contributed by atoms with Crippen molar-refractivity contribution in [2.24, 2.45) is 0 Å². The Morgan fingerprint density at radius 1 is 1.04 bits per heavy atom. The van der Waals surface area contributed by atoms with Crippen molar-refractivity contribution in [3.63, 3.8) is 0 Å². The van der Waals surface area contributed by atoms with Crippen molar-refractivity contribution in [1.29, 1.82) is 0 Å². The predicted molar refractivity (Wildman–Crippen MR) is 94.6 cm³/mol. The van der Waals surface area contributed by atoms with Crippen molar-refractivity contribution < 1.29 is 14.3 Å². The zero-order valence-electron chi connectivity index (χ0n) is 13.7. The number of aryl methyl sites for hydroxylation is 1. The summed E-state index contributed by atoms with van der Waals surface area (Å²) < 4.78 is 5.10. The van der Waals surface area contributed by atoms with Crippen LogP contribution in [-0.2, 0) is 9.53 Å². The zero-order valence-corrected chi connectivity index (χ0v) is 13.7. The maximum atomic E-state index is 12.0. The SMILES string of the molecule is Cc1ccccc1C(=O)NCCC(=O)OC/C=C/c1ccccc1. The fraction of sp³-hybridized carbons (Fsp3) is 0.200. The van der Waals surface area contributed by atoms with E-state index < -0.39 is 0 Å². The van der Waals surface area contributed by atoms with E-state index in [4.69, 9.17) is 4.74 Å². The van der Waals surface area contributed by atoms with Gasteiger partial charge in [-0.25, -0.2) is 0 Å². The molecule has 1 N–H and O–H groups in total. The predicted octanol–water partition coefficient (Wildman–Crippen LogP) is 3.37. The van der Waals surface area contributed by atoms with Crippen LogP contribution in [0.15, 0.2) is 60.7 Å². The van der Waals surface area contributed by atoms with Gasteiger partial charge in [0, 0.05) is 12.1 Å². The normalized spacial score (nSPS) is 10.5. The van der Waals surface area contributed by atoms with E-state index >= 15 is 0 Å². The Balaban J connectivity index is 1.66. The van der Waals surface area contributed by atoms with Crippen molar-refractivity contribution in [3.8, 4) is 0 Å². The molecule has 0 aliphatic carbocycles. The van der Waals surface area contributed by atoms with Gasteiger partial charge in [0.1, 0.15) is 6.61 Å². The molecule has 2 aromatic carbocycles. The number of ether oxygens (including phenoxy) is 1. The molecule has 0 heterocycles. The van der Waals surface area contributed by atoms with E-state index in [1.165, 1.54) is 0 Å². The molecule has 0 saturated carbocycles. The Kier molecular flexibility index (Phi) is 6.77. The second kappa shape index (κ2) is 9.30. The van der Waals surface area contributed by atoms with Crippen LogP contribution in [0, 0.1) is 6.92 Å². The molecule has 2 aromatic rings. The topological polar surface area (TPSA) is 55.4 Å². The number of carbonyl (C=O) groups is 2. The van der Waals surface area contributed by atoms with Crippen LogP contribution in [0.4, 0.5) is 0 Å². The number of benzene rings is 2. The van der Waals surface area contributed by atoms with Crippen molar-refractivity contribution in [3.05, 3.63) is 77.4 Å². The molecule has 124 valence electrons. The standard InChI is InChI=1S/C20H21NO3/c1-16-8-5-6-12-18(16)20(23)21-14-13-19(22)24-15-7-11-17-9-3-2-4-10-17/h2-12H,13-15H2,1H3,(H,21,23)/b11-7+. The molecule has 0 bridgehead atoms. The molecular weight excluding hydrogens is 302 g/mol. The van der Waals surface area contributed by atoms with Crippen molar-refractivity contribution >= 4 is 18.0 Å². The van der Waals surface area contributed by atoms with Crippen LogP contribution in [0.2, 0.25) is 0 Å². The number of amides is 1. The van der Waals surface area contributed by atoms with Crippen molar-refractivity contribution in [2.75, 3.05) is 13.2 Å². The van der Waals surface area contributed by atoms with Gasteiger partial charge in [0.05, 0.1) is 6.42 Å². The van der Waals surface area contributed by atoms with Gasteiger partial charge in [-0.15, -0.1) is 0 Å². The first-order valence-corrected chi connectivity index (χ1v) is 7.88. The van der Waals surface area contributed by atoms with Crippen molar-refractivity contribution in [1.82, 2.24) is 5.32 Å². The first-order valence-electron chi connectivity index (χ1n) is 7.88. The molecule has 0 aliphatic heterocycles.